The number of amides is 7. The molecule has 110 heavy (non-hydrogen) atoms. The summed E-state index contributed by atoms with van der Waals surface area (Å²) >= 11 is 10.2. The fourth-order valence-electron chi connectivity index (χ4n) is 10.8. The Morgan fingerprint density at radius 2 is 0.809 bits per heavy atom. The maximum absolute atomic E-state index is 14.0. The highest BCUT2D eigenvalue weighted by atomic mass is 32.1. The normalized spacial score (nSPS) is 24.3. The summed E-state index contributed by atoms with van der Waals surface area (Å²) in [5.74, 6) is -3.19. The van der Waals surface area contributed by atoms with Gasteiger partial charge in [-0.2, -0.15) is 4.99 Å². The van der Waals surface area contributed by atoms with Crippen molar-refractivity contribution >= 4 is 81.7 Å². The van der Waals surface area contributed by atoms with Gasteiger partial charge in [0.1, 0.15) is 73.1 Å². The van der Waals surface area contributed by atoms with Crippen LogP contribution in [-0.4, -0.2) is 380 Å². The summed E-state index contributed by atoms with van der Waals surface area (Å²) in [6.07, 6.45) is -16.0. The van der Waals surface area contributed by atoms with Crippen LogP contribution in [0.2, 0.25) is 0 Å². The van der Waals surface area contributed by atoms with E-state index >= 15 is 0 Å². The molecule has 4 rings (SSSR count). The number of nitrogens with zero attached hydrogens (tertiary/aromatic N) is 1. The van der Waals surface area contributed by atoms with Gasteiger partial charge in [0.25, 0.3) is 0 Å². The number of aliphatic imine (C=N–C) groups is 1. The Hall–Kier alpha value is -5.96. The van der Waals surface area contributed by atoms with E-state index in [4.69, 9.17) is 95.5 Å². The average molecular weight is 1620 g/mol. The molecule has 1 aromatic carbocycles. The predicted octanol–water partition coefficient (Wildman–Crippen LogP) is -7.82. The molecule has 3 aliphatic heterocycles. The smallest absolute Gasteiger partial charge is 0.239 e. The van der Waals surface area contributed by atoms with Gasteiger partial charge in [-0.05, 0) is 48.6 Å². The van der Waals surface area contributed by atoms with Gasteiger partial charge in [0.05, 0.1) is 175 Å². The number of isothiocyanates is 1. The lowest BCUT2D eigenvalue weighted by Crippen LogP contribution is -2.64. The Morgan fingerprint density at radius 1 is 0.455 bits per heavy atom. The number of aliphatic hydroxyl groups excluding tert-OH is 9. The molecule has 0 aliphatic carbocycles. The van der Waals surface area contributed by atoms with Crippen LogP contribution in [0, 0.1) is 0 Å². The van der Waals surface area contributed by atoms with E-state index in [2.05, 4.69) is 58.0 Å². The molecule has 0 saturated carbocycles. The highest BCUT2D eigenvalue weighted by Crippen LogP contribution is 2.26. The number of benzene rings is 1. The van der Waals surface area contributed by atoms with Crippen LogP contribution in [0.1, 0.15) is 52.0 Å². The van der Waals surface area contributed by atoms with Crippen LogP contribution in [0.25, 0.3) is 0 Å². The molecule has 0 spiro atoms. The highest BCUT2D eigenvalue weighted by molar-refractivity contribution is 7.80. The van der Waals surface area contributed by atoms with Gasteiger partial charge in [-0.1, -0.05) is 12.1 Å². The van der Waals surface area contributed by atoms with Gasteiger partial charge in [0, 0.05) is 72.8 Å². The van der Waals surface area contributed by atoms with Crippen molar-refractivity contribution in [1.29, 1.82) is 0 Å². The van der Waals surface area contributed by atoms with Crippen LogP contribution in [0.4, 0.5) is 5.69 Å². The first-order valence-electron chi connectivity index (χ1n) is 36.0. The standard InChI is InChI=1S/C67H112N10O31S2/c1-42(81)74-54-60(91)57(88)47(36-78)106-63(54)103-30-27-98-24-21-95-18-11-68-50(84)7-14-94-17-10-67(77-53(87)35-72-66(110)71-34-45-5-4-6-46(33-45)73-41-109,39-101-15-8-51(85)69-12-19-96-22-25-99-28-31-104-64-55(75-43(2)82)61(92)58(89)48(37-79)107-64)40-102-16-9-52(86)70-13-20-97-23-26-100-29-32-105-65-56(76-44(3)83)62(93)59(90)49(38-80)108-65/h4-6,33,47-49,54-65,78-80,88-93H,7-32,34-40H2,1-3H3,(H,68,84)(H,69,85)(H,70,86)(H,74,81)(H,75,82)(H,76,83)(H,77,87)(H2,71,72,110)/t47?,48?,49?,54-,55-,56-,57?,58-,59-,60+,61+,62?,63+,64?,65?,67?/m0/s1. The molecular formula is C67H112N10O31S2. The van der Waals surface area contributed by atoms with E-state index < -0.39 is 153 Å². The number of thiocarbonyl (C=S) groups is 2. The van der Waals surface area contributed by atoms with Gasteiger partial charge < -0.3 is 165 Å². The van der Waals surface area contributed by atoms with Gasteiger partial charge >= 0.3 is 0 Å². The number of ether oxygens (including phenoxy) is 15. The van der Waals surface area contributed by atoms with Crippen molar-refractivity contribution in [2.24, 2.45) is 4.99 Å². The first-order valence-corrected chi connectivity index (χ1v) is 36.8. The van der Waals surface area contributed by atoms with E-state index in [0.717, 1.165) is 5.56 Å². The van der Waals surface area contributed by atoms with E-state index in [1.807, 2.05) is 6.07 Å². The highest BCUT2D eigenvalue weighted by Gasteiger charge is 2.48. The molecule has 16 atom stereocenters. The van der Waals surface area contributed by atoms with Crippen molar-refractivity contribution in [1.82, 2.24) is 47.9 Å². The summed E-state index contributed by atoms with van der Waals surface area (Å²) in [5.41, 5.74) is 0.0102. The number of aliphatic hydroxyl groups is 9. The first kappa shape index (κ1) is 96.4. The van der Waals surface area contributed by atoms with Crippen LogP contribution in [0.3, 0.4) is 0 Å². The lowest BCUT2D eigenvalue weighted by Gasteiger charge is -2.42. The average Bonchev–Trinajstić information content (AvgIpc) is 0.811. The zero-order valence-corrected chi connectivity index (χ0v) is 63.7. The SMILES string of the molecule is CC(=O)N[C@@H]1C(OCCOCCOCCNC(=O)CCOCC(CCOCCC(=O)NCCOCCOCCO[C@@H]2OC(CO)C(O)[C@H](O)[C@@H]2NC(C)=O)(COCCC(=O)NCCOCCOCCOC2OC(CO)[C@H](O)[C@H](O)[C@@H]2NC(C)=O)NC(=O)CNC(=S)NCc2cccc(N=C=S)c2)OC(CO)[C@H](O)C1O. The van der Waals surface area contributed by atoms with E-state index in [-0.39, 0.29) is 208 Å². The molecule has 0 bridgehead atoms. The maximum Gasteiger partial charge on any atom is 0.239 e. The number of hydrogen-bond donors (Lipinski definition) is 18. The molecule has 0 radical (unpaired) electrons. The van der Waals surface area contributed by atoms with Gasteiger partial charge in [-0.3, -0.25) is 33.6 Å². The molecule has 7 amide bonds. The van der Waals surface area contributed by atoms with Crippen LogP contribution < -0.4 is 47.9 Å². The van der Waals surface area contributed by atoms with Gasteiger partial charge in [0.15, 0.2) is 24.0 Å². The summed E-state index contributed by atoms with van der Waals surface area (Å²) in [6.45, 7) is 2.64. The van der Waals surface area contributed by atoms with Crippen LogP contribution in [0.5, 0.6) is 0 Å². The molecule has 1 aromatic rings. The van der Waals surface area contributed by atoms with Crippen molar-refractivity contribution < 1.29 is 151 Å². The third-order valence-electron chi connectivity index (χ3n) is 16.4. The lowest BCUT2D eigenvalue weighted by molar-refractivity contribution is -0.272. The quantitative estimate of drug-likeness (QED) is 0.0164. The Labute approximate surface area is 647 Å². The van der Waals surface area contributed by atoms with Crippen molar-refractivity contribution in [3.63, 3.8) is 0 Å². The van der Waals surface area contributed by atoms with Gasteiger partial charge in [0.2, 0.25) is 41.4 Å². The fourth-order valence-corrected chi connectivity index (χ4v) is 11.0. The topological polar surface area (TPSA) is 561 Å². The van der Waals surface area contributed by atoms with Crippen LogP contribution in [-0.2, 0) is 111 Å². The number of carbonyl (C=O) groups is 7. The second-order valence-corrected chi connectivity index (χ2v) is 25.7. The summed E-state index contributed by atoms with van der Waals surface area (Å²) in [5, 5.41) is 118. The molecule has 18 N–H and O–H groups in total. The van der Waals surface area contributed by atoms with Crippen molar-refractivity contribution in [2.75, 3.05) is 185 Å². The molecule has 3 saturated heterocycles. The van der Waals surface area contributed by atoms with Gasteiger partial charge in [-0.25, -0.2) is 0 Å². The molecule has 628 valence electrons. The molecule has 8 unspecified atom stereocenters. The minimum Gasteiger partial charge on any atom is -0.394 e. The minimum absolute atomic E-state index is 0.0258. The number of carbonyl (C=O) groups excluding carboxylic acids is 7. The zero-order chi connectivity index (χ0) is 80.5. The van der Waals surface area contributed by atoms with E-state index in [1.165, 1.54) is 20.8 Å². The summed E-state index contributed by atoms with van der Waals surface area (Å²) < 4.78 is 85.0. The minimum atomic E-state index is -1.47. The van der Waals surface area contributed by atoms with E-state index in [0.29, 0.717) is 5.69 Å². The predicted molar refractivity (Wildman–Crippen MR) is 388 cm³/mol. The van der Waals surface area contributed by atoms with Crippen LogP contribution >= 0.6 is 24.4 Å². The Balaban J connectivity index is 1.28. The second-order valence-electron chi connectivity index (χ2n) is 25.1. The zero-order valence-electron chi connectivity index (χ0n) is 62.1. The molecule has 3 fully saturated rings. The van der Waals surface area contributed by atoms with Crippen molar-refractivity contribution in [3.05, 3.63) is 29.8 Å². The molecule has 0 aromatic heterocycles. The molecule has 3 heterocycles. The number of hydrogen-bond acceptors (Lipinski definition) is 34. The van der Waals surface area contributed by atoms with E-state index in [1.54, 1.807) is 18.2 Å². The largest absolute Gasteiger partial charge is 0.394 e. The maximum atomic E-state index is 14.0. The Morgan fingerprint density at radius 3 is 1.17 bits per heavy atom. The van der Waals surface area contributed by atoms with Gasteiger partial charge in [-0.15, -0.1) is 0 Å². The second kappa shape index (κ2) is 56.3. The Kier molecular flexibility index (Phi) is 49.3. The first-order chi connectivity index (χ1) is 52.9. The third kappa shape index (κ3) is 38.7. The summed E-state index contributed by atoms with van der Waals surface area (Å²) in [7, 11) is 0. The number of nitrogens with one attached hydrogen (secondary N) is 9. The molecule has 43 heteroatoms. The number of rotatable bonds is 58. The summed E-state index contributed by atoms with van der Waals surface area (Å²) in [6, 6.07) is 3.84. The molecule has 3 aliphatic rings. The van der Waals surface area contributed by atoms with E-state index in [9.17, 15) is 79.5 Å². The molecule has 41 nitrogen and oxygen atoms in total. The van der Waals surface area contributed by atoms with Crippen molar-refractivity contribution in [3.8, 4) is 0 Å². The van der Waals surface area contributed by atoms with Crippen molar-refractivity contribution in [2.45, 2.75) is 150 Å². The molecular weight excluding hydrogens is 1500 g/mol. The fraction of sp³-hybridized carbons (Fsp3) is 0.776. The monoisotopic (exact) mass is 1620 g/mol. The summed E-state index contributed by atoms with van der Waals surface area (Å²) in [4.78, 5) is 92.0. The Bertz CT molecular complexity index is 2800. The van der Waals surface area contributed by atoms with Crippen LogP contribution in [0.15, 0.2) is 29.3 Å². The lowest BCUT2D eigenvalue weighted by atomic mass is 9.97. The third-order valence-corrected chi connectivity index (χ3v) is 16.7.